The van der Waals surface area contributed by atoms with Crippen LogP contribution in [0.25, 0.3) is 10.7 Å². The molecule has 2 heterocycles. The summed E-state index contributed by atoms with van der Waals surface area (Å²) in [6.45, 7) is 3.73. The maximum Gasteiger partial charge on any atom is 0.142 e. The summed E-state index contributed by atoms with van der Waals surface area (Å²) < 4.78 is 0. The molecule has 78 valence electrons. The summed E-state index contributed by atoms with van der Waals surface area (Å²) in [5.41, 5.74) is 2.74. The first-order chi connectivity index (χ1) is 7.16. The number of rotatable bonds is 2. The Morgan fingerprint density at radius 1 is 1.47 bits per heavy atom. The number of thiazole rings is 1. The van der Waals surface area contributed by atoms with E-state index in [0.717, 1.165) is 16.3 Å². The van der Waals surface area contributed by atoms with Crippen molar-refractivity contribution in [2.24, 2.45) is 0 Å². The number of hydrogen-bond acceptors (Lipinski definition) is 4. The number of nitrogens with zero attached hydrogens (tertiary/aromatic N) is 2. The Morgan fingerprint density at radius 3 is 2.87 bits per heavy atom. The second kappa shape index (κ2) is 4.08. The number of pyridine rings is 1. The van der Waals surface area contributed by atoms with Gasteiger partial charge < -0.3 is 5.11 Å². The van der Waals surface area contributed by atoms with Gasteiger partial charge in [0.25, 0.3) is 0 Å². The number of aryl methyl sites for hydroxylation is 1. The third-order valence-corrected chi connectivity index (χ3v) is 2.97. The van der Waals surface area contributed by atoms with Gasteiger partial charge in [0.2, 0.25) is 0 Å². The third kappa shape index (κ3) is 2.22. The van der Waals surface area contributed by atoms with Crippen LogP contribution in [0.4, 0.5) is 0 Å². The van der Waals surface area contributed by atoms with Crippen molar-refractivity contribution in [1.82, 2.24) is 9.97 Å². The van der Waals surface area contributed by atoms with Crippen LogP contribution in [0.15, 0.2) is 23.7 Å². The molecule has 0 aliphatic rings. The first kappa shape index (κ1) is 10.3. The number of aliphatic hydroxyl groups excluding tert-OH is 1. The minimum atomic E-state index is -0.514. The topological polar surface area (TPSA) is 46.0 Å². The Bertz CT molecular complexity index is 465. The molecule has 0 radical (unpaired) electrons. The van der Waals surface area contributed by atoms with E-state index in [1.54, 1.807) is 13.1 Å². The zero-order chi connectivity index (χ0) is 10.8. The number of aromatic nitrogens is 2. The van der Waals surface area contributed by atoms with Gasteiger partial charge in [0.15, 0.2) is 0 Å². The summed E-state index contributed by atoms with van der Waals surface area (Å²) in [4.78, 5) is 8.58. The van der Waals surface area contributed by atoms with Crippen molar-refractivity contribution >= 4 is 11.3 Å². The van der Waals surface area contributed by atoms with Crippen LogP contribution >= 0.6 is 11.3 Å². The van der Waals surface area contributed by atoms with Crippen LogP contribution in [0.3, 0.4) is 0 Å². The molecule has 0 amide bonds. The van der Waals surface area contributed by atoms with Gasteiger partial charge in [-0.05, 0) is 31.5 Å². The Balaban J connectivity index is 2.37. The minimum absolute atomic E-state index is 0.514. The van der Waals surface area contributed by atoms with E-state index in [9.17, 15) is 5.11 Å². The lowest BCUT2D eigenvalue weighted by Crippen LogP contribution is -1.91. The molecule has 0 aliphatic heterocycles. The van der Waals surface area contributed by atoms with Gasteiger partial charge in [0, 0.05) is 11.6 Å². The first-order valence-electron chi connectivity index (χ1n) is 4.73. The lowest BCUT2D eigenvalue weighted by atomic mass is 10.2. The van der Waals surface area contributed by atoms with E-state index in [0.29, 0.717) is 5.69 Å². The Hall–Kier alpha value is -1.26. The minimum Gasteiger partial charge on any atom is -0.387 e. The van der Waals surface area contributed by atoms with Crippen molar-refractivity contribution in [2.75, 3.05) is 0 Å². The van der Waals surface area contributed by atoms with Crippen LogP contribution in [0, 0.1) is 6.92 Å². The summed E-state index contributed by atoms with van der Waals surface area (Å²) in [6.07, 6.45) is 1.26. The molecular weight excluding hydrogens is 208 g/mol. The van der Waals surface area contributed by atoms with Crippen LogP contribution in [0.1, 0.15) is 24.3 Å². The molecule has 0 saturated carbocycles. The van der Waals surface area contributed by atoms with Gasteiger partial charge in [-0.2, -0.15) is 0 Å². The summed E-state index contributed by atoms with van der Waals surface area (Å²) in [5.74, 6) is 0. The van der Waals surface area contributed by atoms with Crippen LogP contribution < -0.4 is 0 Å². The summed E-state index contributed by atoms with van der Waals surface area (Å²) in [6, 6.07) is 3.94. The number of hydrogen-bond donors (Lipinski definition) is 1. The van der Waals surface area contributed by atoms with Crippen molar-refractivity contribution < 1.29 is 5.11 Å². The molecule has 3 nitrogen and oxygen atoms in total. The normalized spacial score (nSPS) is 12.7. The highest BCUT2D eigenvalue weighted by molar-refractivity contribution is 7.13. The maximum atomic E-state index is 9.36. The smallest absolute Gasteiger partial charge is 0.142 e. The van der Waals surface area contributed by atoms with Crippen molar-refractivity contribution in [3.05, 3.63) is 35.0 Å². The molecule has 0 fully saturated rings. The molecule has 0 spiro atoms. The lowest BCUT2D eigenvalue weighted by molar-refractivity contribution is 0.195. The van der Waals surface area contributed by atoms with Gasteiger partial charge in [0.05, 0.1) is 17.5 Å². The van der Waals surface area contributed by atoms with E-state index in [4.69, 9.17) is 0 Å². The molecule has 2 aromatic rings. The predicted octanol–water partition coefficient (Wildman–Crippen LogP) is 2.57. The average Bonchev–Trinajstić information content (AvgIpc) is 2.66. The molecule has 2 rings (SSSR count). The maximum absolute atomic E-state index is 9.36. The van der Waals surface area contributed by atoms with Gasteiger partial charge in [0.1, 0.15) is 5.01 Å². The van der Waals surface area contributed by atoms with Gasteiger partial charge in [-0.15, -0.1) is 11.3 Å². The second-order valence-corrected chi connectivity index (χ2v) is 4.33. The van der Waals surface area contributed by atoms with Crippen molar-refractivity contribution in [1.29, 1.82) is 0 Å². The molecule has 1 N–H and O–H groups in total. The van der Waals surface area contributed by atoms with E-state index >= 15 is 0 Å². The van der Waals surface area contributed by atoms with Crippen LogP contribution in [0.2, 0.25) is 0 Å². The van der Waals surface area contributed by atoms with Crippen LogP contribution in [-0.2, 0) is 0 Å². The van der Waals surface area contributed by atoms with E-state index in [1.165, 1.54) is 11.3 Å². The highest BCUT2D eigenvalue weighted by Crippen LogP contribution is 2.24. The van der Waals surface area contributed by atoms with Gasteiger partial charge in [-0.3, -0.25) is 4.98 Å². The lowest BCUT2D eigenvalue weighted by Gasteiger charge is -1.98. The van der Waals surface area contributed by atoms with Crippen molar-refractivity contribution in [2.45, 2.75) is 20.0 Å². The molecule has 15 heavy (non-hydrogen) atoms. The van der Waals surface area contributed by atoms with Gasteiger partial charge in [-0.1, -0.05) is 0 Å². The Labute approximate surface area is 92.5 Å². The highest BCUT2D eigenvalue weighted by Gasteiger charge is 2.09. The van der Waals surface area contributed by atoms with E-state index < -0.39 is 6.10 Å². The quantitative estimate of drug-likeness (QED) is 0.846. The van der Waals surface area contributed by atoms with Crippen molar-refractivity contribution in [3.8, 4) is 10.7 Å². The SMILES string of the molecule is Cc1ccnc(-c2nc(C(C)O)cs2)c1. The zero-order valence-corrected chi connectivity index (χ0v) is 9.45. The molecule has 0 bridgehead atoms. The van der Waals surface area contributed by atoms with Crippen LogP contribution in [-0.4, -0.2) is 15.1 Å². The Kier molecular flexibility index (Phi) is 2.79. The third-order valence-electron chi connectivity index (χ3n) is 2.08. The summed E-state index contributed by atoms with van der Waals surface area (Å²) in [7, 11) is 0. The second-order valence-electron chi connectivity index (χ2n) is 3.47. The predicted molar refractivity (Wildman–Crippen MR) is 60.7 cm³/mol. The standard InChI is InChI=1S/C11H12N2OS/c1-7-3-4-12-9(5-7)11-13-10(6-15-11)8(2)14/h3-6,8,14H,1-2H3. The Morgan fingerprint density at radius 2 is 2.27 bits per heavy atom. The van der Waals surface area contributed by atoms with Crippen LogP contribution in [0.5, 0.6) is 0 Å². The fraction of sp³-hybridized carbons (Fsp3) is 0.273. The van der Waals surface area contributed by atoms with E-state index in [-0.39, 0.29) is 0 Å². The van der Waals surface area contributed by atoms with E-state index in [2.05, 4.69) is 9.97 Å². The molecule has 2 aromatic heterocycles. The van der Waals surface area contributed by atoms with Crippen molar-refractivity contribution in [3.63, 3.8) is 0 Å². The molecular formula is C11H12N2OS. The highest BCUT2D eigenvalue weighted by atomic mass is 32.1. The van der Waals surface area contributed by atoms with E-state index in [1.807, 2.05) is 24.4 Å². The summed E-state index contributed by atoms with van der Waals surface area (Å²) in [5, 5.41) is 12.1. The molecule has 1 atom stereocenters. The molecule has 0 aliphatic carbocycles. The average molecular weight is 220 g/mol. The number of aliphatic hydroxyl groups is 1. The fourth-order valence-corrected chi connectivity index (χ4v) is 2.12. The fourth-order valence-electron chi connectivity index (χ4n) is 1.25. The zero-order valence-electron chi connectivity index (χ0n) is 8.64. The molecule has 0 saturated heterocycles. The molecule has 1 unspecified atom stereocenters. The van der Waals surface area contributed by atoms with Gasteiger partial charge >= 0.3 is 0 Å². The largest absolute Gasteiger partial charge is 0.387 e. The molecule has 0 aromatic carbocycles. The monoisotopic (exact) mass is 220 g/mol. The van der Waals surface area contributed by atoms with Gasteiger partial charge in [-0.25, -0.2) is 4.98 Å². The summed E-state index contributed by atoms with van der Waals surface area (Å²) >= 11 is 1.51. The molecule has 4 heteroatoms. The first-order valence-corrected chi connectivity index (χ1v) is 5.61.